The Morgan fingerprint density at radius 3 is 2.24 bits per heavy atom. The van der Waals surface area contributed by atoms with Crippen LogP contribution in [0, 0.1) is 0 Å². The van der Waals surface area contributed by atoms with Crippen LogP contribution < -0.4 is 11.1 Å². The molecule has 0 aliphatic heterocycles. The van der Waals surface area contributed by atoms with Crippen molar-refractivity contribution in [2.75, 3.05) is 19.4 Å². The highest BCUT2D eigenvalue weighted by molar-refractivity contribution is 5.90. The number of nitrogens with one attached hydrogen (secondary N) is 1. The van der Waals surface area contributed by atoms with Gasteiger partial charge in [-0.05, 0) is 38.0 Å². The van der Waals surface area contributed by atoms with Gasteiger partial charge in [0.05, 0.1) is 6.42 Å². The van der Waals surface area contributed by atoms with Crippen molar-refractivity contribution in [3.8, 4) is 0 Å². The lowest BCUT2D eigenvalue weighted by atomic mass is 10.00. The molecule has 5 heteroatoms. The van der Waals surface area contributed by atoms with Crippen LogP contribution >= 0.6 is 0 Å². The van der Waals surface area contributed by atoms with Crippen molar-refractivity contribution in [3.05, 3.63) is 29.8 Å². The van der Waals surface area contributed by atoms with Crippen molar-refractivity contribution in [2.45, 2.75) is 38.6 Å². The number of hydrogen-bond donors (Lipinski definition) is 2. The first-order chi connectivity index (χ1) is 9.67. The first-order valence-electron chi connectivity index (χ1n) is 7.05. The second-order valence-corrected chi connectivity index (χ2v) is 6.20. The Balaban J connectivity index is 2.51. The van der Waals surface area contributed by atoms with E-state index in [1.807, 2.05) is 38.1 Å². The largest absolute Gasteiger partial charge is 0.349 e. The van der Waals surface area contributed by atoms with Crippen molar-refractivity contribution in [3.63, 3.8) is 0 Å². The molecule has 0 saturated heterocycles. The lowest BCUT2D eigenvalue weighted by Crippen LogP contribution is -2.33. The predicted molar refractivity (Wildman–Crippen MR) is 85.0 cm³/mol. The maximum atomic E-state index is 11.8. The third kappa shape index (κ3) is 6.90. The third-order valence-electron chi connectivity index (χ3n) is 3.09. The van der Waals surface area contributed by atoms with E-state index in [-0.39, 0.29) is 17.4 Å². The molecular weight excluding hydrogens is 266 g/mol. The van der Waals surface area contributed by atoms with Crippen LogP contribution in [-0.4, -0.2) is 36.3 Å². The Morgan fingerprint density at radius 2 is 1.76 bits per heavy atom. The zero-order valence-corrected chi connectivity index (χ0v) is 13.3. The standard InChI is InChI=1S/C16H25N3O2/c1-16(2,17)10-9-14(20)18-13-7-5-12(6-8-13)11-15(21)19(3)4/h5-8H,9-11,17H2,1-4H3,(H,18,20). The second kappa shape index (κ2) is 7.22. The lowest BCUT2D eigenvalue weighted by molar-refractivity contribution is -0.128. The number of carbonyl (C=O) groups is 2. The number of amides is 2. The van der Waals surface area contributed by atoms with Gasteiger partial charge < -0.3 is 16.0 Å². The Morgan fingerprint density at radius 1 is 1.19 bits per heavy atom. The number of anilines is 1. The van der Waals surface area contributed by atoms with E-state index in [1.54, 1.807) is 19.0 Å². The summed E-state index contributed by atoms with van der Waals surface area (Å²) in [6.45, 7) is 3.80. The predicted octanol–water partition coefficient (Wildman–Crippen LogP) is 1.77. The normalized spacial score (nSPS) is 11.1. The maximum Gasteiger partial charge on any atom is 0.226 e. The molecule has 1 rings (SSSR count). The molecule has 0 aromatic heterocycles. The Hall–Kier alpha value is -1.88. The van der Waals surface area contributed by atoms with Crippen LogP contribution in [0.15, 0.2) is 24.3 Å². The summed E-state index contributed by atoms with van der Waals surface area (Å²) in [5.74, 6) is 0.00241. The molecule has 3 N–H and O–H groups in total. The molecule has 0 fully saturated rings. The van der Waals surface area contributed by atoms with Gasteiger partial charge in [0.15, 0.2) is 0 Å². The fourth-order valence-corrected chi connectivity index (χ4v) is 1.70. The van der Waals surface area contributed by atoms with Crippen molar-refractivity contribution < 1.29 is 9.59 Å². The van der Waals surface area contributed by atoms with Gasteiger partial charge in [-0.1, -0.05) is 12.1 Å². The van der Waals surface area contributed by atoms with E-state index in [0.29, 0.717) is 19.3 Å². The van der Waals surface area contributed by atoms with E-state index in [0.717, 1.165) is 11.3 Å². The van der Waals surface area contributed by atoms with E-state index >= 15 is 0 Å². The molecule has 0 unspecified atom stereocenters. The minimum absolute atomic E-state index is 0.0503. The van der Waals surface area contributed by atoms with Crippen LogP contribution in [0.5, 0.6) is 0 Å². The number of likely N-dealkylation sites (N-methyl/N-ethyl adjacent to an activating group) is 1. The average molecular weight is 291 g/mol. The molecule has 0 atom stereocenters. The first-order valence-corrected chi connectivity index (χ1v) is 7.05. The Labute approximate surface area is 126 Å². The fraction of sp³-hybridized carbons (Fsp3) is 0.500. The van der Waals surface area contributed by atoms with Gasteiger partial charge in [0.25, 0.3) is 0 Å². The number of nitrogens with two attached hydrogens (primary N) is 1. The third-order valence-corrected chi connectivity index (χ3v) is 3.09. The van der Waals surface area contributed by atoms with Crippen molar-refractivity contribution in [2.24, 2.45) is 5.73 Å². The Kier molecular flexibility index (Phi) is 5.90. The molecule has 21 heavy (non-hydrogen) atoms. The molecule has 0 aliphatic carbocycles. The van der Waals surface area contributed by atoms with Crippen LogP contribution in [0.1, 0.15) is 32.3 Å². The van der Waals surface area contributed by atoms with Crippen LogP contribution in [0.2, 0.25) is 0 Å². The molecule has 0 spiro atoms. The lowest BCUT2D eigenvalue weighted by Gasteiger charge is -2.17. The van der Waals surface area contributed by atoms with E-state index in [1.165, 1.54) is 0 Å². The summed E-state index contributed by atoms with van der Waals surface area (Å²) in [7, 11) is 3.46. The van der Waals surface area contributed by atoms with Gasteiger partial charge in [0, 0.05) is 31.7 Å². The average Bonchev–Trinajstić information content (AvgIpc) is 2.38. The summed E-state index contributed by atoms with van der Waals surface area (Å²) in [5, 5.41) is 2.83. The van der Waals surface area contributed by atoms with Gasteiger partial charge in [0.1, 0.15) is 0 Å². The number of carbonyl (C=O) groups excluding carboxylic acids is 2. The van der Waals surface area contributed by atoms with Gasteiger partial charge in [-0.15, -0.1) is 0 Å². The summed E-state index contributed by atoms with van der Waals surface area (Å²) < 4.78 is 0. The first kappa shape index (κ1) is 17.2. The van der Waals surface area contributed by atoms with Gasteiger partial charge in [-0.3, -0.25) is 9.59 Å². The molecule has 116 valence electrons. The van der Waals surface area contributed by atoms with E-state index in [2.05, 4.69) is 5.32 Å². The SMILES string of the molecule is CN(C)C(=O)Cc1ccc(NC(=O)CCC(C)(C)N)cc1. The molecule has 0 heterocycles. The quantitative estimate of drug-likeness (QED) is 0.838. The molecule has 2 amide bonds. The number of benzene rings is 1. The molecule has 0 radical (unpaired) electrons. The van der Waals surface area contributed by atoms with Crippen LogP contribution in [0.3, 0.4) is 0 Å². The highest BCUT2D eigenvalue weighted by Gasteiger charge is 2.13. The highest BCUT2D eigenvalue weighted by atomic mass is 16.2. The fourth-order valence-electron chi connectivity index (χ4n) is 1.70. The smallest absolute Gasteiger partial charge is 0.226 e. The van der Waals surface area contributed by atoms with Crippen molar-refractivity contribution in [1.29, 1.82) is 0 Å². The molecule has 0 saturated carbocycles. The second-order valence-electron chi connectivity index (χ2n) is 6.20. The summed E-state index contributed by atoms with van der Waals surface area (Å²) in [4.78, 5) is 24.9. The molecule has 1 aromatic carbocycles. The zero-order valence-electron chi connectivity index (χ0n) is 13.3. The minimum atomic E-state index is -0.340. The van der Waals surface area contributed by atoms with Crippen molar-refractivity contribution in [1.82, 2.24) is 4.90 Å². The molecule has 1 aromatic rings. The van der Waals surface area contributed by atoms with Gasteiger partial charge in [0.2, 0.25) is 11.8 Å². The monoisotopic (exact) mass is 291 g/mol. The minimum Gasteiger partial charge on any atom is -0.349 e. The highest BCUT2D eigenvalue weighted by Crippen LogP contribution is 2.13. The molecular formula is C16H25N3O2. The molecule has 0 bridgehead atoms. The van der Waals surface area contributed by atoms with Crippen LogP contribution in [0.25, 0.3) is 0 Å². The van der Waals surface area contributed by atoms with Crippen LogP contribution in [-0.2, 0) is 16.0 Å². The summed E-state index contributed by atoms with van der Waals surface area (Å²) >= 11 is 0. The molecule has 5 nitrogen and oxygen atoms in total. The number of hydrogen-bond acceptors (Lipinski definition) is 3. The van der Waals surface area contributed by atoms with E-state index in [4.69, 9.17) is 5.73 Å². The topological polar surface area (TPSA) is 75.4 Å². The van der Waals surface area contributed by atoms with E-state index < -0.39 is 0 Å². The van der Waals surface area contributed by atoms with Gasteiger partial charge in [-0.2, -0.15) is 0 Å². The van der Waals surface area contributed by atoms with Gasteiger partial charge in [-0.25, -0.2) is 0 Å². The van der Waals surface area contributed by atoms with E-state index in [9.17, 15) is 9.59 Å². The van der Waals surface area contributed by atoms with Gasteiger partial charge >= 0.3 is 0 Å². The summed E-state index contributed by atoms with van der Waals surface area (Å²) in [6, 6.07) is 7.32. The number of rotatable bonds is 6. The summed E-state index contributed by atoms with van der Waals surface area (Å²) in [5.41, 5.74) is 7.17. The summed E-state index contributed by atoms with van der Waals surface area (Å²) in [6.07, 6.45) is 1.39. The zero-order chi connectivity index (χ0) is 16.0. The molecule has 0 aliphatic rings. The Bertz CT molecular complexity index is 487. The van der Waals surface area contributed by atoms with Crippen LogP contribution in [0.4, 0.5) is 5.69 Å². The van der Waals surface area contributed by atoms with Crippen molar-refractivity contribution >= 4 is 17.5 Å². The maximum absolute atomic E-state index is 11.8. The number of nitrogens with zero attached hydrogens (tertiary/aromatic N) is 1.